The van der Waals surface area contributed by atoms with Crippen molar-refractivity contribution in [1.29, 1.82) is 0 Å². The number of benzene rings is 1. The monoisotopic (exact) mass is 275 g/mol. The number of rotatable bonds is 2. The topological polar surface area (TPSA) is 43.9 Å². The van der Waals surface area contributed by atoms with Gasteiger partial charge in [0.2, 0.25) is 0 Å². The van der Waals surface area contributed by atoms with Gasteiger partial charge in [0.15, 0.2) is 0 Å². The van der Waals surface area contributed by atoms with Crippen LogP contribution in [0.25, 0.3) is 27.8 Å². The van der Waals surface area contributed by atoms with E-state index >= 15 is 0 Å². The molecule has 0 amide bonds. The van der Waals surface area contributed by atoms with E-state index in [-0.39, 0.29) is 0 Å². The number of pyridine rings is 1. The number of imidazole rings is 1. The maximum Gasteiger partial charge on any atom is 0.0996 e. The average molecular weight is 275 g/mol. The second-order valence-corrected chi connectivity index (χ2v) is 5.01. The molecule has 4 heteroatoms. The molecule has 0 aliphatic carbocycles. The predicted molar refractivity (Wildman–Crippen MR) is 81.3 cm³/mol. The number of hydrogen-bond donors (Lipinski definition) is 0. The normalized spacial score (nSPS) is 11.1. The fourth-order valence-electron chi connectivity index (χ4n) is 2.41. The van der Waals surface area contributed by atoms with E-state index in [1.165, 1.54) is 0 Å². The first-order chi connectivity index (χ1) is 10.3. The summed E-state index contributed by atoms with van der Waals surface area (Å²) in [6.07, 6.45) is 7.20. The van der Waals surface area contributed by atoms with E-state index in [1.54, 1.807) is 12.5 Å². The summed E-state index contributed by atoms with van der Waals surface area (Å²) in [5.41, 5.74) is 4.97. The summed E-state index contributed by atoms with van der Waals surface area (Å²) < 4.78 is 7.12. The third-order valence-electron chi connectivity index (χ3n) is 3.50. The van der Waals surface area contributed by atoms with Gasteiger partial charge in [0, 0.05) is 22.8 Å². The molecule has 0 atom stereocenters. The van der Waals surface area contributed by atoms with Gasteiger partial charge >= 0.3 is 0 Å². The van der Waals surface area contributed by atoms with Crippen molar-refractivity contribution in [2.75, 3.05) is 0 Å². The Hall–Kier alpha value is -2.88. The first-order valence-corrected chi connectivity index (χ1v) is 6.74. The van der Waals surface area contributed by atoms with Crippen LogP contribution in [-0.4, -0.2) is 14.5 Å². The Morgan fingerprint density at radius 3 is 2.81 bits per heavy atom. The van der Waals surface area contributed by atoms with Crippen molar-refractivity contribution in [3.8, 4) is 16.9 Å². The second kappa shape index (κ2) is 4.59. The van der Waals surface area contributed by atoms with Crippen LogP contribution in [-0.2, 0) is 0 Å². The summed E-state index contributed by atoms with van der Waals surface area (Å²) in [7, 11) is 0. The van der Waals surface area contributed by atoms with Crippen LogP contribution < -0.4 is 0 Å². The number of nitrogens with zero attached hydrogens (tertiary/aromatic N) is 3. The number of fused-ring (bicyclic) bond motifs is 1. The molecule has 0 saturated carbocycles. The van der Waals surface area contributed by atoms with E-state index in [0.29, 0.717) is 0 Å². The van der Waals surface area contributed by atoms with Gasteiger partial charge in [-0.3, -0.25) is 0 Å². The van der Waals surface area contributed by atoms with Gasteiger partial charge in [-0.15, -0.1) is 0 Å². The summed E-state index contributed by atoms with van der Waals surface area (Å²) in [6.45, 7) is 1.98. The van der Waals surface area contributed by atoms with E-state index in [9.17, 15) is 0 Å². The second-order valence-electron chi connectivity index (χ2n) is 5.01. The first kappa shape index (κ1) is 11.9. The van der Waals surface area contributed by atoms with Crippen molar-refractivity contribution < 1.29 is 4.42 Å². The molecule has 4 aromatic rings. The van der Waals surface area contributed by atoms with Crippen LogP contribution in [0.15, 0.2) is 65.9 Å². The molecule has 0 aliphatic rings. The number of hydrogen-bond acceptors (Lipinski definition) is 3. The van der Waals surface area contributed by atoms with E-state index in [2.05, 4.69) is 28.2 Å². The quantitative estimate of drug-likeness (QED) is 0.555. The Bertz CT molecular complexity index is 907. The van der Waals surface area contributed by atoms with Crippen LogP contribution in [0.5, 0.6) is 0 Å². The van der Waals surface area contributed by atoms with Gasteiger partial charge in [-0.05, 0) is 37.3 Å². The Balaban J connectivity index is 1.81. The molecule has 0 bridgehead atoms. The zero-order chi connectivity index (χ0) is 14.2. The predicted octanol–water partition coefficient (Wildman–Crippen LogP) is 3.99. The average Bonchev–Trinajstić information content (AvgIpc) is 3.17. The molecule has 0 fully saturated rings. The molecule has 3 heterocycles. The number of aryl methyl sites for hydroxylation is 1. The molecule has 0 spiro atoms. The highest BCUT2D eigenvalue weighted by atomic mass is 16.3. The molecular weight excluding hydrogens is 262 g/mol. The molecule has 1 aromatic carbocycles. The standard InChI is InChI=1S/C17H13N3O/c1-12-9-20(11-18-12)15-3-5-16-13(8-15)2-4-17(19-16)14-6-7-21-10-14/h2-11H,1H3. The summed E-state index contributed by atoms with van der Waals surface area (Å²) in [4.78, 5) is 8.93. The maximum absolute atomic E-state index is 5.11. The van der Waals surface area contributed by atoms with Crippen LogP contribution in [0, 0.1) is 6.92 Å². The number of furan rings is 1. The SMILES string of the molecule is Cc1cn(-c2ccc3nc(-c4ccoc4)ccc3c2)cn1. The Morgan fingerprint density at radius 2 is 2.05 bits per heavy atom. The van der Waals surface area contributed by atoms with Gasteiger partial charge in [0.05, 0.1) is 35.8 Å². The smallest absolute Gasteiger partial charge is 0.0996 e. The largest absolute Gasteiger partial charge is 0.472 e. The lowest BCUT2D eigenvalue weighted by Gasteiger charge is -2.05. The van der Waals surface area contributed by atoms with Gasteiger partial charge < -0.3 is 8.98 Å². The molecule has 0 aliphatic heterocycles. The summed E-state index contributed by atoms with van der Waals surface area (Å²) in [5.74, 6) is 0. The highest BCUT2D eigenvalue weighted by Gasteiger charge is 2.04. The fourth-order valence-corrected chi connectivity index (χ4v) is 2.41. The van der Waals surface area contributed by atoms with Crippen molar-refractivity contribution >= 4 is 10.9 Å². The highest BCUT2D eigenvalue weighted by Crippen LogP contribution is 2.23. The lowest BCUT2D eigenvalue weighted by Crippen LogP contribution is -1.91. The maximum atomic E-state index is 5.11. The molecule has 3 aromatic heterocycles. The Morgan fingerprint density at radius 1 is 1.10 bits per heavy atom. The van der Waals surface area contributed by atoms with Gasteiger partial charge in [-0.25, -0.2) is 9.97 Å². The van der Waals surface area contributed by atoms with Gasteiger partial charge in [0.25, 0.3) is 0 Å². The molecule has 0 N–H and O–H groups in total. The minimum Gasteiger partial charge on any atom is -0.472 e. The molecule has 102 valence electrons. The Kier molecular flexibility index (Phi) is 2.60. The lowest BCUT2D eigenvalue weighted by molar-refractivity contribution is 0.568. The van der Waals surface area contributed by atoms with Crippen molar-refractivity contribution in [3.63, 3.8) is 0 Å². The summed E-state index contributed by atoms with van der Waals surface area (Å²) >= 11 is 0. The van der Waals surface area contributed by atoms with Gasteiger partial charge in [-0.2, -0.15) is 0 Å². The van der Waals surface area contributed by atoms with Gasteiger partial charge in [0.1, 0.15) is 0 Å². The molecule has 21 heavy (non-hydrogen) atoms. The zero-order valence-corrected chi connectivity index (χ0v) is 11.5. The highest BCUT2D eigenvalue weighted by molar-refractivity contribution is 5.83. The molecule has 0 radical (unpaired) electrons. The van der Waals surface area contributed by atoms with E-state index in [1.807, 2.05) is 42.2 Å². The van der Waals surface area contributed by atoms with Gasteiger partial charge in [-0.1, -0.05) is 6.07 Å². The van der Waals surface area contributed by atoms with Crippen molar-refractivity contribution in [3.05, 3.63) is 67.1 Å². The Labute approximate surface area is 121 Å². The zero-order valence-electron chi connectivity index (χ0n) is 11.5. The third-order valence-corrected chi connectivity index (χ3v) is 3.50. The molecule has 0 saturated heterocycles. The van der Waals surface area contributed by atoms with Crippen LogP contribution in [0.3, 0.4) is 0 Å². The van der Waals surface area contributed by atoms with Crippen LogP contribution in [0.2, 0.25) is 0 Å². The van der Waals surface area contributed by atoms with E-state index in [4.69, 9.17) is 4.42 Å². The van der Waals surface area contributed by atoms with Crippen molar-refractivity contribution in [1.82, 2.24) is 14.5 Å². The van der Waals surface area contributed by atoms with Crippen molar-refractivity contribution in [2.24, 2.45) is 0 Å². The minimum absolute atomic E-state index is 0.919. The summed E-state index contributed by atoms with van der Waals surface area (Å²) in [5, 5.41) is 1.10. The molecular formula is C17H13N3O. The first-order valence-electron chi connectivity index (χ1n) is 6.74. The van der Waals surface area contributed by atoms with E-state index < -0.39 is 0 Å². The molecule has 4 nitrogen and oxygen atoms in total. The van der Waals surface area contributed by atoms with Crippen molar-refractivity contribution in [2.45, 2.75) is 6.92 Å². The molecule has 0 unspecified atom stereocenters. The fraction of sp³-hybridized carbons (Fsp3) is 0.0588. The van der Waals surface area contributed by atoms with Crippen LogP contribution >= 0.6 is 0 Å². The summed E-state index contributed by atoms with van der Waals surface area (Å²) in [6, 6.07) is 12.2. The molecule has 4 rings (SSSR count). The lowest BCUT2D eigenvalue weighted by atomic mass is 10.1. The third kappa shape index (κ3) is 2.10. The minimum atomic E-state index is 0.919. The van der Waals surface area contributed by atoms with Crippen LogP contribution in [0.1, 0.15) is 5.69 Å². The number of aromatic nitrogens is 3. The van der Waals surface area contributed by atoms with E-state index in [0.717, 1.165) is 33.5 Å². The van der Waals surface area contributed by atoms with Crippen LogP contribution in [0.4, 0.5) is 0 Å².